The SMILES string of the molecule is CC(CCc1ccc2nc[nH]c2c1)C(=O)O. The third-order valence-electron chi connectivity index (χ3n) is 2.77. The van der Waals surface area contributed by atoms with Gasteiger partial charge in [0.25, 0.3) is 0 Å². The molecule has 2 N–H and O–H groups in total. The fourth-order valence-electron chi connectivity index (χ4n) is 1.64. The second-order valence-corrected chi connectivity index (χ2v) is 4.03. The van der Waals surface area contributed by atoms with E-state index < -0.39 is 5.97 Å². The fourth-order valence-corrected chi connectivity index (χ4v) is 1.64. The zero-order valence-electron chi connectivity index (χ0n) is 9.10. The molecule has 0 fully saturated rings. The van der Waals surface area contributed by atoms with Crippen molar-refractivity contribution in [3.8, 4) is 0 Å². The van der Waals surface area contributed by atoms with E-state index in [2.05, 4.69) is 9.97 Å². The van der Waals surface area contributed by atoms with Crippen LogP contribution in [0.5, 0.6) is 0 Å². The lowest BCUT2D eigenvalue weighted by Crippen LogP contribution is -2.10. The number of benzene rings is 1. The van der Waals surface area contributed by atoms with Crippen molar-refractivity contribution in [2.75, 3.05) is 0 Å². The molecular weight excluding hydrogens is 204 g/mol. The highest BCUT2D eigenvalue weighted by Gasteiger charge is 2.10. The van der Waals surface area contributed by atoms with Gasteiger partial charge in [0.2, 0.25) is 0 Å². The average molecular weight is 218 g/mol. The van der Waals surface area contributed by atoms with Crippen LogP contribution < -0.4 is 0 Å². The topological polar surface area (TPSA) is 66.0 Å². The molecule has 2 aromatic rings. The highest BCUT2D eigenvalue weighted by atomic mass is 16.4. The lowest BCUT2D eigenvalue weighted by atomic mass is 10.0. The van der Waals surface area contributed by atoms with Gasteiger partial charge in [-0.3, -0.25) is 4.79 Å². The molecule has 16 heavy (non-hydrogen) atoms. The number of aromatic amines is 1. The Bertz CT molecular complexity index is 504. The molecule has 0 aliphatic carbocycles. The Morgan fingerprint density at radius 2 is 2.38 bits per heavy atom. The number of imidazole rings is 1. The Labute approximate surface area is 93.3 Å². The number of fused-ring (bicyclic) bond motifs is 1. The van der Waals surface area contributed by atoms with Gasteiger partial charge in [-0.1, -0.05) is 13.0 Å². The van der Waals surface area contributed by atoms with Gasteiger partial charge in [-0.05, 0) is 30.5 Å². The van der Waals surface area contributed by atoms with Gasteiger partial charge in [-0.2, -0.15) is 0 Å². The maximum atomic E-state index is 10.7. The van der Waals surface area contributed by atoms with Gasteiger partial charge < -0.3 is 10.1 Å². The predicted octanol–water partition coefficient (Wildman–Crippen LogP) is 2.22. The molecule has 84 valence electrons. The second-order valence-electron chi connectivity index (χ2n) is 4.03. The van der Waals surface area contributed by atoms with Crippen LogP contribution in [0.15, 0.2) is 24.5 Å². The number of aliphatic carboxylic acids is 1. The van der Waals surface area contributed by atoms with Crippen molar-refractivity contribution in [2.24, 2.45) is 5.92 Å². The highest BCUT2D eigenvalue weighted by molar-refractivity contribution is 5.75. The van der Waals surface area contributed by atoms with E-state index in [1.165, 1.54) is 0 Å². The van der Waals surface area contributed by atoms with Gasteiger partial charge in [0, 0.05) is 0 Å². The molecule has 0 aliphatic heterocycles. The summed E-state index contributed by atoms with van der Waals surface area (Å²) < 4.78 is 0. The lowest BCUT2D eigenvalue weighted by Gasteiger charge is -2.05. The Morgan fingerprint density at radius 3 is 3.12 bits per heavy atom. The molecule has 4 heteroatoms. The Balaban J connectivity index is 2.06. The quantitative estimate of drug-likeness (QED) is 0.826. The summed E-state index contributed by atoms with van der Waals surface area (Å²) in [7, 11) is 0. The van der Waals surface area contributed by atoms with E-state index in [0.717, 1.165) is 23.0 Å². The molecule has 1 aromatic heterocycles. The number of aryl methyl sites for hydroxylation is 1. The van der Waals surface area contributed by atoms with Crippen LogP contribution in [0, 0.1) is 5.92 Å². The molecule has 0 saturated carbocycles. The first-order valence-corrected chi connectivity index (χ1v) is 5.31. The maximum absolute atomic E-state index is 10.7. The molecule has 0 saturated heterocycles. The van der Waals surface area contributed by atoms with Crippen molar-refractivity contribution >= 4 is 17.0 Å². The summed E-state index contributed by atoms with van der Waals surface area (Å²) in [5.74, 6) is -1.03. The lowest BCUT2D eigenvalue weighted by molar-refractivity contribution is -0.141. The summed E-state index contributed by atoms with van der Waals surface area (Å²) in [5, 5.41) is 8.78. The summed E-state index contributed by atoms with van der Waals surface area (Å²) in [6, 6.07) is 5.97. The summed E-state index contributed by atoms with van der Waals surface area (Å²) in [5.41, 5.74) is 3.08. The minimum absolute atomic E-state index is 0.294. The first kappa shape index (κ1) is 10.7. The van der Waals surface area contributed by atoms with E-state index in [0.29, 0.717) is 6.42 Å². The molecule has 1 heterocycles. The van der Waals surface area contributed by atoms with Gasteiger partial charge in [-0.25, -0.2) is 4.98 Å². The monoisotopic (exact) mass is 218 g/mol. The van der Waals surface area contributed by atoms with Crippen LogP contribution in [0.4, 0.5) is 0 Å². The number of nitrogens with zero attached hydrogens (tertiary/aromatic N) is 1. The van der Waals surface area contributed by atoms with Gasteiger partial charge >= 0.3 is 5.97 Å². The number of carboxylic acid groups (broad SMARTS) is 1. The Kier molecular flexibility index (Phi) is 2.90. The van der Waals surface area contributed by atoms with E-state index in [-0.39, 0.29) is 5.92 Å². The number of carboxylic acids is 1. The minimum Gasteiger partial charge on any atom is -0.481 e. The fraction of sp³-hybridized carbons (Fsp3) is 0.333. The molecule has 0 bridgehead atoms. The largest absolute Gasteiger partial charge is 0.481 e. The summed E-state index contributed by atoms with van der Waals surface area (Å²) in [6.07, 6.45) is 3.10. The number of carbonyl (C=O) groups is 1. The summed E-state index contributed by atoms with van der Waals surface area (Å²) >= 11 is 0. The van der Waals surface area contributed by atoms with Crippen LogP contribution in [-0.4, -0.2) is 21.0 Å². The zero-order chi connectivity index (χ0) is 11.5. The van der Waals surface area contributed by atoms with Crippen LogP contribution in [0.25, 0.3) is 11.0 Å². The first-order valence-electron chi connectivity index (χ1n) is 5.31. The van der Waals surface area contributed by atoms with Gasteiger partial charge in [0.15, 0.2) is 0 Å². The van der Waals surface area contributed by atoms with Crippen LogP contribution in [-0.2, 0) is 11.2 Å². The van der Waals surface area contributed by atoms with Crippen LogP contribution >= 0.6 is 0 Å². The normalized spacial score (nSPS) is 12.8. The zero-order valence-corrected chi connectivity index (χ0v) is 9.10. The van der Waals surface area contributed by atoms with Crippen LogP contribution in [0.2, 0.25) is 0 Å². The van der Waals surface area contributed by atoms with Crippen molar-refractivity contribution in [3.63, 3.8) is 0 Å². The number of H-pyrrole nitrogens is 1. The molecule has 1 atom stereocenters. The van der Waals surface area contributed by atoms with E-state index in [4.69, 9.17) is 5.11 Å². The highest BCUT2D eigenvalue weighted by Crippen LogP contribution is 2.15. The summed E-state index contributed by atoms with van der Waals surface area (Å²) in [6.45, 7) is 1.73. The summed E-state index contributed by atoms with van der Waals surface area (Å²) in [4.78, 5) is 17.9. The number of rotatable bonds is 4. The number of hydrogen-bond acceptors (Lipinski definition) is 2. The second kappa shape index (κ2) is 4.35. The van der Waals surface area contributed by atoms with Crippen molar-refractivity contribution in [1.29, 1.82) is 0 Å². The molecule has 1 aromatic carbocycles. The maximum Gasteiger partial charge on any atom is 0.306 e. The molecule has 4 nitrogen and oxygen atoms in total. The molecule has 0 aliphatic rings. The first-order chi connectivity index (χ1) is 7.66. The van der Waals surface area contributed by atoms with E-state index in [1.807, 2.05) is 18.2 Å². The number of aromatic nitrogens is 2. The minimum atomic E-state index is -0.734. The molecule has 1 unspecified atom stereocenters. The van der Waals surface area contributed by atoms with E-state index in [1.54, 1.807) is 13.3 Å². The number of hydrogen-bond donors (Lipinski definition) is 2. The molecule has 0 radical (unpaired) electrons. The molecule has 0 spiro atoms. The molecule has 2 rings (SSSR count). The predicted molar refractivity (Wildman–Crippen MR) is 61.2 cm³/mol. The van der Waals surface area contributed by atoms with Gasteiger partial charge in [-0.15, -0.1) is 0 Å². The van der Waals surface area contributed by atoms with Crippen molar-refractivity contribution in [1.82, 2.24) is 9.97 Å². The third-order valence-corrected chi connectivity index (χ3v) is 2.77. The van der Waals surface area contributed by atoms with Crippen LogP contribution in [0.1, 0.15) is 18.9 Å². The van der Waals surface area contributed by atoms with E-state index >= 15 is 0 Å². The van der Waals surface area contributed by atoms with Gasteiger partial charge in [0.05, 0.1) is 23.3 Å². The Hall–Kier alpha value is -1.84. The number of nitrogens with one attached hydrogen (secondary N) is 1. The Morgan fingerprint density at radius 1 is 1.56 bits per heavy atom. The van der Waals surface area contributed by atoms with Crippen LogP contribution in [0.3, 0.4) is 0 Å². The van der Waals surface area contributed by atoms with Crippen molar-refractivity contribution in [2.45, 2.75) is 19.8 Å². The van der Waals surface area contributed by atoms with Gasteiger partial charge in [0.1, 0.15) is 0 Å². The van der Waals surface area contributed by atoms with E-state index in [9.17, 15) is 4.79 Å². The smallest absolute Gasteiger partial charge is 0.306 e. The molecule has 0 amide bonds. The van der Waals surface area contributed by atoms with Crippen molar-refractivity contribution < 1.29 is 9.90 Å². The standard InChI is InChI=1S/C12H14N2O2/c1-8(12(15)16)2-3-9-4-5-10-11(6-9)14-7-13-10/h4-8H,2-3H2,1H3,(H,13,14)(H,15,16). The van der Waals surface area contributed by atoms with Crippen molar-refractivity contribution in [3.05, 3.63) is 30.1 Å². The third kappa shape index (κ3) is 2.21. The average Bonchev–Trinajstić information content (AvgIpc) is 2.72. The molecular formula is C12H14N2O2.